The summed E-state index contributed by atoms with van der Waals surface area (Å²) in [4.78, 5) is 12.8. The van der Waals surface area contributed by atoms with Crippen LogP contribution in [-0.2, 0) is 31.2 Å². The molecule has 10 nitrogen and oxygen atoms in total. The number of hydrogen-bond donors (Lipinski definition) is 2. The summed E-state index contributed by atoms with van der Waals surface area (Å²) in [7, 11) is -6.46. The molecule has 0 radical (unpaired) electrons. The molecule has 3 rings (SSSR count). The summed E-state index contributed by atoms with van der Waals surface area (Å²) in [5.41, 5.74) is 0.694. The lowest BCUT2D eigenvalue weighted by Crippen LogP contribution is -2.40. The molecular formula is C20H25N3O7S2. The Morgan fingerprint density at radius 2 is 1.81 bits per heavy atom. The van der Waals surface area contributed by atoms with Gasteiger partial charge in [-0.1, -0.05) is 13.0 Å². The lowest BCUT2D eigenvalue weighted by Gasteiger charge is -2.26. The zero-order chi connectivity index (χ0) is 23.5. The predicted octanol–water partition coefficient (Wildman–Crippen LogP) is 1.18. The number of nitrogens with zero attached hydrogens (tertiary/aromatic N) is 1. The molecule has 1 fully saturated rings. The standard InChI is InChI=1S/C20H25N3O7S2/c1-3-14-4-5-15(12-19(14)31(21,25)26)22-20(24)17-13-16(6-7-18(17)29-2)32(27,28)23-8-10-30-11-9-23/h4-7,12-13H,3,8-11H2,1-2H3,(H,22,24)(H2,21,25,26). The summed E-state index contributed by atoms with van der Waals surface area (Å²) in [6.45, 7) is 2.81. The Hall–Kier alpha value is -2.51. The van der Waals surface area contributed by atoms with Gasteiger partial charge in [0.15, 0.2) is 0 Å². The number of methoxy groups -OCH3 is 1. The first kappa shape index (κ1) is 24.1. The van der Waals surface area contributed by atoms with E-state index in [0.29, 0.717) is 25.2 Å². The molecule has 0 spiro atoms. The van der Waals surface area contributed by atoms with Crippen molar-refractivity contribution in [2.75, 3.05) is 38.7 Å². The fourth-order valence-corrected chi connectivity index (χ4v) is 5.65. The molecule has 3 N–H and O–H groups in total. The first-order chi connectivity index (χ1) is 15.1. The van der Waals surface area contributed by atoms with Crippen molar-refractivity contribution in [2.45, 2.75) is 23.1 Å². The van der Waals surface area contributed by atoms with Gasteiger partial charge in [0.05, 0.1) is 35.7 Å². The van der Waals surface area contributed by atoms with Crippen molar-refractivity contribution in [1.82, 2.24) is 4.31 Å². The minimum atomic E-state index is -3.99. The van der Waals surface area contributed by atoms with Gasteiger partial charge in [0.1, 0.15) is 5.75 Å². The van der Waals surface area contributed by atoms with Crippen LogP contribution in [0.5, 0.6) is 5.75 Å². The number of carbonyl (C=O) groups excluding carboxylic acids is 1. The number of morpholine rings is 1. The number of rotatable bonds is 7. The molecule has 1 saturated heterocycles. The number of nitrogens with two attached hydrogens (primary N) is 1. The summed E-state index contributed by atoms with van der Waals surface area (Å²) < 4.78 is 61.4. The molecule has 0 unspecified atom stereocenters. The Kier molecular flexibility index (Phi) is 7.20. The van der Waals surface area contributed by atoms with Crippen LogP contribution in [0.1, 0.15) is 22.8 Å². The van der Waals surface area contributed by atoms with Crippen LogP contribution < -0.4 is 15.2 Å². The van der Waals surface area contributed by atoms with Crippen LogP contribution in [0.2, 0.25) is 0 Å². The number of sulfonamides is 2. The lowest BCUT2D eigenvalue weighted by molar-refractivity contribution is 0.0730. The van der Waals surface area contributed by atoms with Crippen molar-refractivity contribution in [3.8, 4) is 5.75 Å². The SMILES string of the molecule is CCc1ccc(NC(=O)c2cc(S(=O)(=O)N3CCOCC3)ccc2OC)cc1S(N)(=O)=O. The first-order valence-electron chi connectivity index (χ1n) is 9.81. The Morgan fingerprint density at radius 3 is 2.41 bits per heavy atom. The van der Waals surface area contributed by atoms with Crippen LogP contribution in [0.15, 0.2) is 46.2 Å². The molecule has 1 aliphatic rings. The molecule has 1 amide bonds. The second kappa shape index (κ2) is 9.55. The van der Waals surface area contributed by atoms with E-state index in [9.17, 15) is 21.6 Å². The molecule has 12 heteroatoms. The molecule has 174 valence electrons. The van der Waals surface area contributed by atoms with Crippen molar-refractivity contribution < 1.29 is 31.1 Å². The van der Waals surface area contributed by atoms with Crippen LogP contribution in [0, 0.1) is 0 Å². The average Bonchev–Trinajstić information content (AvgIpc) is 2.78. The zero-order valence-corrected chi connectivity index (χ0v) is 19.3. The highest BCUT2D eigenvalue weighted by molar-refractivity contribution is 7.89. The highest BCUT2D eigenvalue weighted by Gasteiger charge is 2.28. The third-order valence-corrected chi connectivity index (χ3v) is 7.92. The van der Waals surface area contributed by atoms with E-state index in [0.717, 1.165) is 0 Å². The maximum Gasteiger partial charge on any atom is 0.259 e. The molecule has 0 atom stereocenters. The van der Waals surface area contributed by atoms with E-state index >= 15 is 0 Å². The molecule has 2 aromatic carbocycles. The van der Waals surface area contributed by atoms with Crippen molar-refractivity contribution in [3.05, 3.63) is 47.5 Å². The van der Waals surface area contributed by atoms with Crippen molar-refractivity contribution in [2.24, 2.45) is 5.14 Å². The van der Waals surface area contributed by atoms with Crippen LogP contribution in [0.25, 0.3) is 0 Å². The van der Waals surface area contributed by atoms with Gasteiger partial charge in [-0.3, -0.25) is 4.79 Å². The second-order valence-corrected chi connectivity index (χ2v) is 10.5. The van der Waals surface area contributed by atoms with E-state index in [2.05, 4.69) is 5.32 Å². The van der Waals surface area contributed by atoms with Gasteiger partial charge < -0.3 is 14.8 Å². The van der Waals surface area contributed by atoms with Gasteiger partial charge in [0, 0.05) is 18.8 Å². The van der Waals surface area contributed by atoms with Gasteiger partial charge >= 0.3 is 0 Å². The van der Waals surface area contributed by atoms with Gasteiger partial charge in [0.2, 0.25) is 20.0 Å². The summed E-state index contributed by atoms with van der Waals surface area (Å²) >= 11 is 0. The largest absolute Gasteiger partial charge is 0.496 e. The smallest absolute Gasteiger partial charge is 0.259 e. The Labute approximate surface area is 187 Å². The number of benzene rings is 2. The number of ether oxygens (including phenoxy) is 2. The predicted molar refractivity (Wildman–Crippen MR) is 118 cm³/mol. The number of carbonyl (C=O) groups is 1. The van der Waals surface area contributed by atoms with E-state index in [1.165, 1.54) is 35.7 Å². The van der Waals surface area contributed by atoms with E-state index in [4.69, 9.17) is 14.6 Å². The quantitative estimate of drug-likeness (QED) is 0.601. The minimum Gasteiger partial charge on any atom is -0.496 e. The van der Waals surface area contributed by atoms with E-state index < -0.39 is 26.0 Å². The normalized spacial score (nSPS) is 15.3. The maximum atomic E-state index is 13.0. The van der Waals surface area contributed by atoms with Crippen molar-refractivity contribution >= 4 is 31.6 Å². The van der Waals surface area contributed by atoms with Gasteiger partial charge in [-0.25, -0.2) is 22.0 Å². The van der Waals surface area contributed by atoms with Crippen LogP contribution in [0.4, 0.5) is 5.69 Å². The van der Waals surface area contributed by atoms with Gasteiger partial charge in [-0.05, 0) is 42.3 Å². The Bertz CT molecular complexity index is 1220. The fraction of sp³-hybridized carbons (Fsp3) is 0.350. The molecule has 0 aliphatic carbocycles. The number of primary sulfonamides is 1. The number of nitrogens with one attached hydrogen (secondary N) is 1. The molecule has 1 heterocycles. The van der Waals surface area contributed by atoms with Gasteiger partial charge in [-0.2, -0.15) is 4.31 Å². The summed E-state index contributed by atoms with van der Waals surface area (Å²) in [6.07, 6.45) is 0.440. The molecule has 0 bridgehead atoms. The minimum absolute atomic E-state index is 0.0152. The van der Waals surface area contributed by atoms with Crippen LogP contribution in [0.3, 0.4) is 0 Å². The Balaban J connectivity index is 1.95. The average molecular weight is 484 g/mol. The highest BCUT2D eigenvalue weighted by atomic mass is 32.2. The van der Waals surface area contributed by atoms with Crippen LogP contribution in [-0.4, -0.2) is 60.5 Å². The van der Waals surface area contributed by atoms with E-state index in [1.54, 1.807) is 19.1 Å². The molecule has 2 aromatic rings. The number of anilines is 1. The van der Waals surface area contributed by atoms with Crippen molar-refractivity contribution in [3.63, 3.8) is 0 Å². The maximum absolute atomic E-state index is 13.0. The zero-order valence-electron chi connectivity index (χ0n) is 17.7. The summed E-state index contributed by atoms with van der Waals surface area (Å²) in [5, 5.41) is 7.88. The highest BCUT2D eigenvalue weighted by Crippen LogP contribution is 2.27. The fourth-order valence-electron chi connectivity index (χ4n) is 3.35. The van der Waals surface area contributed by atoms with Gasteiger partial charge in [-0.15, -0.1) is 0 Å². The number of aryl methyl sites for hydroxylation is 1. The number of amides is 1. The Morgan fingerprint density at radius 1 is 1.12 bits per heavy atom. The van der Waals surface area contributed by atoms with E-state index in [1.807, 2.05) is 0 Å². The summed E-state index contributed by atoms with van der Waals surface area (Å²) in [5.74, 6) is -0.495. The first-order valence-corrected chi connectivity index (χ1v) is 12.8. The molecular weight excluding hydrogens is 458 g/mol. The third-order valence-electron chi connectivity index (χ3n) is 5.04. The molecule has 1 aliphatic heterocycles. The third kappa shape index (κ3) is 5.10. The monoisotopic (exact) mass is 483 g/mol. The molecule has 32 heavy (non-hydrogen) atoms. The lowest BCUT2D eigenvalue weighted by atomic mass is 10.1. The van der Waals surface area contributed by atoms with Gasteiger partial charge in [0.25, 0.3) is 5.91 Å². The summed E-state index contributed by atoms with van der Waals surface area (Å²) in [6, 6.07) is 8.39. The second-order valence-electron chi connectivity index (χ2n) is 7.05. The van der Waals surface area contributed by atoms with Crippen molar-refractivity contribution in [1.29, 1.82) is 0 Å². The molecule has 0 aromatic heterocycles. The number of hydrogen-bond acceptors (Lipinski definition) is 7. The van der Waals surface area contributed by atoms with E-state index in [-0.39, 0.29) is 39.9 Å². The topological polar surface area (TPSA) is 145 Å². The molecule has 0 saturated carbocycles. The van der Waals surface area contributed by atoms with Crippen LogP contribution >= 0.6 is 0 Å².